The summed E-state index contributed by atoms with van der Waals surface area (Å²) in [6.07, 6.45) is -4.56. The number of anilines is 1. The molecule has 0 aromatic heterocycles. The van der Waals surface area contributed by atoms with Gasteiger partial charge in [-0.1, -0.05) is 12.1 Å². The van der Waals surface area contributed by atoms with Gasteiger partial charge in [-0.3, -0.25) is 4.79 Å². The molecule has 1 rings (SSSR count). The highest BCUT2D eigenvalue weighted by Gasteiger charge is 2.33. The van der Waals surface area contributed by atoms with Gasteiger partial charge in [0, 0.05) is 6.04 Å². The van der Waals surface area contributed by atoms with Crippen LogP contribution in [0.3, 0.4) is 0 Å². The maximum atomic E-state index is 12.7. The first kappa shape index (κ1) is 16.8. The zero-order chi connectivity index (χ0) is 16.0. The Balaban J connectivity index is 2.62. The average Bonchev–Trinajstić information content (AvgIpc) is 2.35. The van der Waals surface area contributed by atoms with Crippen LogP contribution >= 0.6 is 0 Å². The molecule has 0 aliphatic heterocycles. The largest absolute Gasteiger partial charge is 0.418 e. The second-order valence-electron chi connectivity index (χ2n) is 4.57. The third-order valence-corrected chi connectivity index (χ3v) is 2.34. The van der Waals surface area contributed by atoms with E-state index in [4.69, 9.17) is 0 Å². The lowest BCUT2D eigenvalue weighted by Crippen LogP contribution is -2.42. The predicted octanol–water partition coefficient (Wildman–Crippen LogP) is 2.35. The molecule has 1 aromatic rings. The maximum absolute atomic E-state index is 12.7. The number of benzene rings is 1. The number of amides is 3. The van der Waals surface area contributed by atoms with Crippen LogP contribution in [-0.4, -0.2) is 24.5 Å². The van der Waals surface area contributed by atoms with E-state index < -0.39 is 30.2 Å². The third-order valence-electron chi connectivity index (χ3n) is 2.34. The van der Waals surface area contributed by atoms with E-state index in [1.165, 1.54) is 12.1 Å². The van der Waals surface area contributed by atoms with Crippen molar-refractivity contribution in [3.63, 3.8) is 0 Å². The first-order chi connectivity index (χ1) is 9.70. The van der Waals surface area contributed by atoms with Crippen molar-refractivity contribution in [2.45, 2.75) is 26.1 Å². The summed E-state index contributed by atoms with van der Waals surface area (Å²) in [5.74, 6) is -0.745. The number of carbonyl (C=O) groups excluding carboxylic acids is 2. The molecule has 3 N–H and O–H groups in total. The van der Waals surface area contributed by atoms with Crippen LogP contribution in [0.1, 0.15) is 19.4 Å². The molecule has 0 fully saturated rings. The Morgan fingerprint density at radius 2 is 1.81 bits per heavy atom. The Morgan fingerprint density at radius 3 is 2.38 bits per heavy atom. The fourth-order valence-electron chi connectivity index (χ4n) is 1.51. The van der Waals surface area contributed by atoms with E-state index in [9.17, 15) is 22.8 Å². The minimum atomic E-state index is -4.56. The molecule has 0 atom stereocenters. The second-order valence-corrected chi connectivity index (χ2v) is 4.57. The monoisotopic (exact) mass is 303 g/mol. The van der Waals surface area contributed by atoms with Crippen LogP contribution in [0.2, 0.25) is 0 Å². The molecule has 0 saturated carbocycles. The van der Waals surface area contributed by atoms with Gasteiger partial charge in [-0.05, 0) is 26.0 Å². The smallest absolute Gasteiger partial charge is 0.336 e. The Morgan fingerprint density at radius 1 is 1.19 bits per heavy atom. The number of halogens is 3. The second kappa shape index (κ2) is 6.96. The van der Waals surface area contributed by atoms with E-state index in [0.717, 1.165) is 12.1 Å². The Bertz CT molecular complexity index is 516. The van der Waals surface area contributed by atoms with Crippen molar-refractivity contribution in [3.8, 4) is 0 Å². The number of alkyl halides is 3. The molecule has 8 heteroatoms. The van der Waals surface area contributed by atoms with E-state index in [0.29, 0.717) is 0 Å². The SMILES string of the molecule is CC(C)NC(=O)NCC(=O)Nc1ccccc1C(F)(F)F. The summed E-state index contributed by atoms with van der Waals surface area (Å²) < 4.78 is 38.2. The highest BCUT2D eigenvalue weighted by molar-refractivity contribution is 5.95. The van der Waals surface area contributed by atoms with E-state index in [1.807, 2.05) is 0 Å². The number of nitrogens with one attached hydrogen (secondary N) is 3. The normalized spacial score (nSPS) is 11.1. The van der Waals surface area contributed by atoms with Crippen LogP contribution < -0.4 is 16.0 Å². The van der Waals surface area contributed by atoms with Crippen LogP contribution in [0, 0.1) is 0 Å². The minimum Gasteiger partial charge on any atom is -0.336 e. The predicted molar refractivity (Wildman–Crippen MR) is 71.7 cm³/mol. The summed E-state index contributed by atoms with van der Waals surface area (Å²) in [7, 11) is 0. The van der Waals surface area contributed by atoms with Crippen LogP contribution in [0.5, 0.6) is 0 Å². The lowest BCUT2D eigenvalue weighted by atomic mass is 10.1. The van der Waals surface area contributed by atoms with Gasteiger partial charge in [-0.25, -0.2) is 4.79 Å². The molecule has 21 heavy (non-hydrogen) atoms. The zero-order valence-corrected chi connectivity index (χ0v) is 11.5. The number of urea groups is 1. The highest BCUT2D eigenvalue weighted by Crippen LogP contribution is 2.34. The molecule has 5 nitrogen and oxygen atoms in total. The molecule has 0 saturated heterocycles. The summed E-state index contributed by atoms with van der Waals surface area (Å²) in [4.78, 5) is 22.8. The number of carbonyl (C=O) groups is 2. The average molecular weight is 303 g/mol. The van der Waals surface area contributed by atoms with Crippen molar-refractivity contribution in [2.24, 2.45) is 0 Å². The van der Waals surface area contributed by atoms with Gasteiger partial charge in [-0.2, -0.15) is 13.2 Å². The van der Waals surface area contributed by atoms with Crippen molar-refractivity contribution in [1.82, 2.24) is 10.6 Å². The first-order valence-corrected chi connectivity index (χ1v) is 6.20. The molecule has 3 amide bonds. The van der Waals surface area contributed by atoms with Gasteiger partial charge in [0.2, 0.25) is 5.91 Å². The summed E-state index contributed by atoms with van der Waals surface area (Å²) in [5, 5.41) is 6.86. The lowest BCUT2D eigenvalue weighted by Gasteiger charge is -2.14. The number of para-hydroxylation sites is 1. The van der Waals surface area contributed by atoms with E-state index >= 15 is 0 Å². The molecule has 1 aromatic carbocycles. The number of rotatable bonds is 4. The molecule has 0 aliphatic carbocycles. The zero-order valence-electron chi connectivity index (χ0n) is 11.5. The van der Waals surface area contributed by atoms with Crippen molar-refractivity contribution in [3.05, 3.63) is 29.8 Å². The Kier molecular flexibility index (Phi) is 5.57. The fraction of sp³-hybridized carbons (Fsp3) is 0.385. The summed E-state index contributed by atoms with van der Waals surface area (Å²) in [6, 6.07) is 3.95. The van der Waals surface area contributed by atoms with Crippen molar-refractivity contribution in [2.75, 3.05) is 11.9 Å². The fourth-order valence-corrected chi connectivity index (χ4v) is 1.51. The van der Waals surface area contributed by atoms with Crippen LogP contribution in [0.25, 0.3) is 0 Å². The topological polar surface area (TPSA) is 70.2 Å². The lowest BCUT2D eigenvalue weighted by molar-refractivity contribution is -0.137. The standard InChI is InChI=1S/C13H16F3N3O2/c1-8(2)18-12(21)17-7-11(20)19-10-6-4-3-5-9(10)13(14,15)16/h3-6,8H,7H2,1-2H3,(H,19,20)(H2,17,18,21). The van der Waals surface area contributed by atoms with Gasteiger partial charge < -0.3 is 16.0 Å². The number of hydrogen-bond acceptors (Lipinski definition) is 2. The first-order valence-electron chi connectivity index (χ1n) is 6.20. The molecule has 0 aliphatic rings. The molecular formula is C13H16F3N3O2. The summed E-state index contributed by atoms with van der Waals surface area (Å²) >= 11 is 0. The molecule has 0 heterocycles. The Labute approximate surface area is 119 Å². The van der Waals surface area contributed by atoms with Gasteiger partial charge >= 0.3 is 12.2 Å². The maximum Gasteiger partial charge on any atom is 0.418 e. The third kappa shape index (κ3) is 5.72. The van der Waals surface area contributed by atoms with E-state index in [-0.39, 0.29) is 11.7 Å². The van der Waals surface area contributed by atoms with Gasteiger partial charge in [0.05, 0.1) is 17.8 Å². The van der Waals surface area contributed by atoms with Crippen molar-refractivity contribution >= 4 is 17.6 Å². The quantitative estimate of drug-likeness (QED) is 0.799. The van der Waals surface area contributed by atoms with Crippen molar-refractivity contribution in [1.29, 1.82) is 0 Å². The van der Waals surface area contributed by atoms with E-state index in [2.05, 4.69) is 16.0 Å². The number of hydrogen-bond donors (Lipinski definition) is 3. The van der Waals surface area contributed by atoms with Crippen LogP contribution in [0.15, 0.2) is 24.3 Å². The van der Waals surface area contributed by atoms with Crippen molar-refractivity contribution < 1.29 is 22.8 Å². The van der Waals surface area contributed by atoms with Gasteiger partial charge in [0.25, 0.3) is 0 Å². The van der Waals surface area contributed by atoms with Gasteiger partial charge in [-0.15, -0.1) is 0 Å². The minimum absolute atomic E-state index is 0.112. The summed E-state index contributed by atoms with van der Waals surface area (Å²) in [5.41, 5.74) is -1.29. The molecule has 0 spiro atoms. The van der Waals surface area contributed by atoms with Crippen LogP contribution in [-0.2, 0) is 11.0 Å². The molecule has 0 unspecified atom stereocenters. The van der Waals surface area contributed by atoms with Crippen LogP contribution in [0.4, 0.5) is 23.7 Å². The van der Waals surface area contributed by atoms with E-state index in [1.54, 1.807) is 13.8 Å². The van der Waals surface area contributed by atoms with Gasteiger partial charge in [0.15, 0.2) is 0 Å². The Hall–Kier alpha value is -2.25. The molecular weight excluding hydrogens is 287 g/mol. The molecule has 116 valence electrons. The summed E-state index contributed by atoms with van der Waals surface area (Å²) in [6.45, 7) is 3.04. The molecule has 0 radical (unpaired) electrons. The highest BCUT2D eigenvalue weighted by atomic mass is 19.4. The molecule has 0 bridgehead atoms. The van der Waals surface area contributed by atoms with Gasteiger partial charge in [0.1, 0.15) is 0 Å².